The average molecular weight is 231 g/mol. The van der Waals surface area contributed by atoms with Gasteiger partial charge in [-0.2, -0.15) is 0 Å². The van der Waals surface area contributed by atoms with Crippen molar-refractivity contribution < 1.29 is 19.4 Å². The number of carbonyl (C=O) groups is 2. The standard InChI is InChI=1S/C11H21NO4/c1-5-16-10(15)7-6-9(14)12(4)11(2,3)8-13/h13H,5-8H2,1-4H3. The van der Waals surface area contributed by atoms with Crippen LogP contribution >= 0.6 is 0 Å². The lowest BCUT2D eigenvalue weighted by Crippen LogP contribution is -2.47. The van der Waals surface area contributed by atoms with Crippen molar-refractivity contribution in [2.75, 3.05) is 20.3 Å². The van der Waals surface area contributed by atoms with Crippen molar-refractivity contribution in [1.82, 2.24) is 4.90 Å². The van der Waals surface area contributed by atoms with Gasteiger partial charge in [-0.05, 0) is 20.8 Å². The Hall–Kier alpha value is -1.10. The molecule has 0 rings (SSSR count). The van der Waals surface area contributed by atoms with Crippen LogP contribution in [-0.4, -0.2) is 47.7 Å². The van der Waals surface area contributed by atoms with E-state index in [2.05, 4.69) is 0 Å². The maximum Gasteiger partial charge on any atom is 0.306 e. The van der Waals surface area contributed by atoms with Gasteiger partial charge in [-0.3, -0.25) is 9.59 Å². The summed E-state index contributed by atoms with van der Waals surface area (Å²) in [6, 6.07) is 0. The van der Waals surface area contributed by atoms with E-state index in [0.717, 1.165) is 0 Å². The Morgan fingerprint density at radius 1 is 1.31 bits per heavy atom. The normalized spacial score (nSPS) is 11.1. The van der Waals surface area contributed by atoms with Crippen molar-refractivity contribution in [3.8, 4) is 0 Å². The topological polar surface area (TPSA) is 66.8 Å². The summed E-state index contributed by atoms with van der Waals surface area (Å²) in [5.74, 6) is -0.543. The number of amides is 1. The third-order valence-electron chi connectivity index (χ3n) is 2.52. The van der Waals surface area contributed by atoms with Gasteiger partial charge in [0.05, 0.1) is 25.2 Å². The van der Waals surface area contributed by atoms with Crippen LogP contribution in [0.5, 0.6) is 0 Å². The number of likely N-dealkylation sites (N-methyl/N-ethyl adjacent to an activating group) is 1. The molecule has 0 fully saturated rings. The van der Waals surface area contributed by atoms with Crippen molar-refractivity contribution in [2.24, 2.45) is 0 Å². The van der Waals surface area contributed by atoms with Gasteiger partial charge in [0, 0.05) is 13.5 Å². The van der Waals surface area contributed by atoms with Crippen molar-refractivity contribution in [2.45, 2.75) is 39.2 Å². The van der Waals surface area contributed by atoms with Crippen LogP contribution in [0.1, 0.15) is 33.6 Å². The number of carbonyl (C=O) groups excluding carboxylic acids is 2. The summed E-state index contributed by atoms with van der Waals surface area (Å²) < 4.78 is 4.72. The second-order valence-corrected chi connectivity index (χ2v) is 4.23. The van der Waals surface area contributed by atoms with Gasteiger partial charge in [-0.15, -0.1) is 0 Å². The van der Waals surface area contributed by atoms with Crippen molar-refractivity contribution >= 4 is 11.9 Å². The molecule has 0 aromatic rings. The first-order valence-corrected chi connectivity index (χ1v) is 5.38. The van der Waals surface area contributed by atoms with E-state index in [1.807, 2.05) is 0 Å². The van der Waals surface area contributed by atoms with Crippen LogP contribution < -0.4 is 0 Å². The van der Waals surface area contributed by atoms with Gasteiger partial charge in [0.2, 0.25) is 5.91 Å². The molecule has 0 spiro atoms. The molecule has 1 amide bonds. The molecule has 0 aliphatic rings. The summed E-state index contributed by atoms with van der Waals surface area (Å²) in [6.07, 6.45) is 0.192. The van der Waals surface area contributed by atoms with Gasteiger partial charge in [-0.1, -0.05) is 0 Å². The fraction of sp³-hybridized carbons (Fsp3) is 0.818. The van der Waals surface area contributed by atoms with Gasteiger partial charge in [-0.25, -0.2) is 0 Å². The van der Waals surface area contributed by atoms with Gasteiger partial charge in [0.25, 0.3) is 0 Å². The quantitative estimate of drug-likeness (QED) is 0.678. The first-order valence-electron chi connectivity index (χ1n) is 5.38. The van der Waals surface area contributed by atoms with Crippen LogP contribution in [0.25, 0.3) is 0 Å². The molecule has 0 aromatic heterocycles. The Morgan fingerprint density at radius 3 is 2.31 bits per heavy atom. The highest BCUT2D eigenvalue weighted by atomic mass is 16.5. The van der Waals surface area contributed by atoms with Crippen LogP contribution in [0, 0.1) is 0 Å². The first-order chi connectivity index (χ1) is 7.35. The van der Waals surface area contributed by atoms with Gasteiger partial charge >= 0.3 is 5.97 Å². The molecule has 0 unspecified atom stereocenters. The minimum atomic E-state index is -0.605. The second-order valence-electron chi connectivity index (χ2n) is 4.23. The molecule has 16 heavy (non-hydrogen) atoms. The van der Waals surface area contributed by atoms with E-state index < -0.39 is 5.54 Å². The van der Waals surface area contributed by atoms with Crippen molar-refractivity contribution in [3.05, 3.63) is 0 Å². The summed E-state index contributed by atoms with van der Waals surface area (Å²) >= 11 is 0. The molecular weight excluding hydrogens is 210 g/mol. The molecule has 0 aliphatic heterocycles. The number of hydrogen-bond donors (Lipinski definition) is 1. The maximum atomic E-state index is 11.7. The predicted molar refractivity (Wildman–Crippen MR) is 59.8 cm³/mol. The molecule has 0 saturated carbocycles. The second kappa shape index (κ2) is 6.48. The molecule has 0 aromatic carbocycles. The molecule has 5 nitrogen and oxygen atoms in total. The third kappa shape index (κ3) is 4.61. The van der Waals surface area contributed by atoms with E-state index in [0.29, 0.717) is 6.61 Å². The Kier molecular flexibility index (Phi) is 6.03. The van der Waals surface area contributed by atoms with Crippen LogP contribution in [-0.2, 0) is 14.3 Å². The fourth-order valence-electron chi connectivity index (χ4n) is 1.05. The Morgan fingerprint density at radius 2 is 1.88 bits per heavy atom. The monoisotopic (exact) mass is 231 g/mol. The molecule has 94 valence electrons. The maximum absolute atomic E-state index is 11.7. The van der Waals surface area contributed by atoms with Crippen LogP contribution in [0.4, 0.5) is 0 Å². The van der Waals surface area contributed by atoms with Crippen LogP contribution in [0.3, 0.4) is 0 Å². The number of hydrogen-bond acceptors (Lipinski definition) is 4. The lowest BCUT2D eigenvalue weighted by atomic mass is 10.0. The largest absolute Gasteiger partial charge is 0.466 e. The van der Waals surface area contributed by atoms with E-state index >= 15 is 0 Å². The highest BCUT2D eigenvalue weighted by Gasteiger charge is 2.26. The van der Waals surface area contributed by atoms with E-state index in [1.165, 1.54) is 4.90 Å². The van der Waals surface area contributed by atoms with Gasteiger partial charge < -0.3 is 14.7 Å². The Labute approximate surface area is 96.4 Å². The average Bonchev–Trinajstić information content (AvgIpc) is 2.25. The molecule has 0 aliphatic carbocycles. The van der Waals surface area contributed by atoms with E-state index in [-0.39, 0.29) is 31.3 Å². The van der Waals surface area contributed by atoms with Crippen LogP contribution in [0.2, 0.25) is 0 Å². The number of aliphatic hydroxyl groups excluding tert-OH is 1. The molecular formula is C11H21NO4. The lowest BCUT2D eigenvalue weighted by Gasteiger charge is -2.33. The molecule has 0 bridgehead atoms. The molecule has 1 N–H and O–H groups in total. The van der Waals surface area contributed by atoms with Gasteiger partial charge in [0.15, 0.2) is 0 Å². The number of esters is 1. The zero-order chi connectivity index (χ0) is 12.8. The van der Waals surface area contributed by atoms with E-state index in [1.54, 1.807) is 27.8 Å². The molecule has 0 heterocycles. The third-order valence-corrected chi connectivity index (χ3v) is 2.52. The Balaban J connectivity index is 4.12. The SMILES string of the molecule is CCOC(=O)CCC(=O)N(C)C(C)(C)CO. The highest BCUT2D eigenvalue weighted by Crippen LogP contribution is 2.13. The number of aliphatic hydroxyl groups is 1. The zero-order valence-electron chi connectivity index (χ0n) is 10.4. The summed E-state index contributed by atoms with van der Waals surface area (Å²) in [7, 11) is 1.61. The molecule has 0 saturated heterocycles. The lowest BCUT2D eigenvalue weighted by molar-refractivity contribution is -0.146. The summed E-state index contributed by atoms with van der Waals surface area (Å²) in [5, 5.41) is 9.09. The summed E-state index contributed by atoms with van der Waals surface area (Å²) in [6.45, 7) is 5.45. The minimum Gasteiger partial charge on any atom is -0.466 e. The van der Waals surface area contributed by atoms with Gasteiger partial charge in [0.1, 0.15) is 0 Å². The molecule has 5 heteroatoms. The fourth-order valence-corrected chi connectivity index (χ4v) is 1.05. The van der Waals surface area contributed by atoms with E-state index in [4.69, 9.17) is 9.84 Å². The Bertz CT molecular complexity index is 250. The molecule has 0 radical (unpaired) electrons. The zero-order valence-corrected chi connectivity index (χ0v) is 10.4. The first kappa shape index (κ1) is 14.9. The van der Waals surface area contributed by atoms with E-state index in [9.17, 15) is 9.59 Å². The highest BCUT2D eigenvalue weighted by molar-refractivity contribution is 5.81. The van der Waals surface area contributed by atoms with Crippen LogP contribution in [0.15, 0.2) is 0 Å². The smallest absolute Gasteiger partial charge is 0.306 e. The summed E-state index contributed by atoms with van der Waals surface area (Å²) in [4.78, 5) is 24.2. The summed E-state index contributed by atoms with van der Waals surface area (Å²) in [5.41, 5.74) is -0.605. The number of nitrogens with zero attached hydrogens (tertiary/aromatic N) is 1. The number of rotatable bonds is 6. The predicted octanol–water partition coefficient (Wildman–Crippen LogP) is 0.559. The van der Waals surface area contributed by atoms with Crippen molar-refractivity contribution in [1.29, 1.82) is 0 Å². The van der Waals surface area contributed by atoms with Crippen molar-refractivity contribution in [3.63, 3.8) is 0 Å². The number of ether oxygens (including phenoxy) is 1. The molecule has 0 atom stereocenters. The minimum absolute atomic E-state index is 0.0819.